The third kappa shape index (κ3) is 1.71. The van der Waals surface area contributed by atoms with Gasteiger partial charge in [-0.3, -0.25) is 10.3 Å². The predicted octanol–water partition coefficient (Wildman–Crippen LogP) is 3.70. The van der Waals surface area contributed by atoms with Crippen LogP contribution in [0.15, 0.2) is 23.8 Å². The summed E-state index contributed by atoms with van der Waals surface area (Å²) in [5.41, 5.74) is -15.5. The van der Waals surface area contributed by atoms with Gasteiger partial charge in [-0.1, -0.05) is 12.2 Å². The zero-order valence-electron chi connectivity index (χ0n) is 12.2. The van der Waals surface area contributed by atoms with Crippen LogP contribution < -0.4 is 0 Å². The van der Waals surface area contributed by atoms with E-state index in [0.29, 0.717) is 20.2 Å². The molecule has 11 heteroatoms. The molecular formula is C13H11F9N2. The van der Waals surface area contributed by atoms with Gasteiger partial charge in [-0.05, 0) is 20.2 Å². The summed E-state index contributed by atoms with van der Waals surface area (Å²) in [5.74, 6) is -10.2. The van der Waals surface area contributed by atoms with E-state index in [9.17, 15) is 26.3 Å². The summed E-state index contributed by atoms with van der Waals surface area (Å²) in [4.78, 5) is -0.319. The van der Waals surface area contributed by atoms with Crippen LogP contribution in [-0.2, 0) is 0 Å². The minimum Gasteiger partial charge on any atom is -0.297 e. The lowest BCUT2D eigenvalue weighted by Crippen LogP contribution is -2.72. The fraction of sp³-hybridized carbons (Fsp3) is 0.615. The topological polar surface area (TPSA) is 27.1 Å². The molecule has 4 unspecified atom stereocenters. The molecule has 0 spiro atoms. The number of fused-ring (bicyclic) bond motifs is 1. The third-order valence-corrected chi connectivity index (χ3v) is 4.27. The molecule has 2 rings (SSSR count). The highest BCUT2D eigenvalue weighted by molar-refractivity contribution is 5.99. The zero-order valence-corrected chi connectivity index (χ0v) is 12.2. The summed E-state index contributed by atoms with van der Waals surface area (Å²) in [6, 6.07) is 0. The number of alkyl halides is 9. The summed E-state index contributed by atoms with van der Waals surface area (Å²) >= 11 is 0. The Balaban J connectivity index is 2.94. The van der Waals surface area contributed by atoms with Crippen LogP contribution in [0.1, 0.15) is 0 Å². The highest BCUT2D eigenvalue weighted by Crippen LogP contribution is 2.67. The van der Waals surface area contributed by atoms with Gasteiger partial charge in [-0.15, -0.1) is 0 Å². The lowest BCUT2D eigenvalue weighted by molar-refractivity contribution is -0.219. The minimum absolute atomic E-state index is 0.124. The van der Waals surface area contributed by atoms with Gasteiger partial charge < -0.3 is 0 Å². The van der Waals surface area contributed by atoms with E-state index in [1.54, 1.807) is 0 Å². The Labute approximate surface area is 130 Å². The maximum absolute atomic E-state index is 15.2. The van der Waals surface area contributed by atoms with Gasteiger partial charge in [0.25, 0.3) is 11.5 Å². The molecule has 0 aliphatic heterocycles. The average Bonchev–Trinajstić information content (AvgIpc) is 2.55. The number of halogens is 9. The van der Waals surface area contributed by atoms with E-state index in [1.165, 1.54) is 0 Å². The molecule has 136 valence electrons. The zero-order chi connectivity index (χ0) is 18.9. The number of rotatable bonds is 2. The van der Waals surface area contributed by atoms with Crippen LogP contribution in [0.2, 0.25) is 0 Å². The van der Waals surface area contributed by atoms with Crippen molar-refractivity contribution in [2.75, 3.05) is 14.1 Å². The van der Waals surface area contributed by atoms with Gasteiger partial charge in [0, 0.05) is 5.57 Å². The normalized spacial score (nSPS) is 41.3. The average molecular weight is 366 g/mol. The van der Waals surface area contributed by atoms with Gasteiger partial charge in [0.2, 0.25) is 5.67 Å². The first kappa shape index (κ1) is 18.8. The minimum atomic E-state index is -6.01. The van der Waals surface area contributed by atoms with Crippen molar-refractivity contribution in [3.63, 3.8) is 0 Å². The fourth-order valence-corrected chi connectivity index (χ4v) is 3.13. The molecule has 2 aliphatic carbocycles. The van der Waals surface area contributed by atoms with Gasteiger partial charge in [-0.25, -0.2) is 17.6 Å². The third-order valence-electron chi connectivity index (χ3n) is 4.27. The first-order valence-electron chi connectivity index (χ1n) is 6.43. The first-order valence-corrected chi connectivity index (χ1v) is 6.43. The van der Waals surface area contributed by atoms with Crippen molar-refractivity contribution >= 4 is 5.71 Å². The van der Waals surface area contributed by atoms with E-state index in [0.717, 1.165) is 0 Å². The molecule has 2 nitrogen and oxygen atoms in total. The summed E-state index contributed by atoms with van der Waals surface area (Å²) in [5, 5.41) is 6.84. The van der Waals surface area contributed by atoms with Gasteiger partial charge in [0.1, 0.15) is 0 Å². The van der Waals surface area contributed by atoms with Crippen LogP contribution in [0.25, 0.3) is 0 Å². The van der Waals surface area contributed by atoms with E-state index < -0.39 is 46.7 Å². The SMILES string of the molecule is CN(C)C1(F)C(F)(F)C2=CC=CC(F)C2(F)C1(F)C(=N)C(F)(F)F. The first-order chi connectivity index (χ1) is 10.6. The molecule has 1 fully saturated rings. The van der Waals surface area contributed by atoms with Gasteiger partial charge in [0.15, 0.2) is 11.9 Å². The highest BCUT2D eigenvalue weighted by atomic mass is 19.4. The lowest BCUT2D eigenvalue weighted by atomic mass is 9.75. The van der Waals surface area contributed by atoms with Crippen molar-refractivity contribution in [3.8, 4) is 0 Å². The van der Waals surface area contributed by atoms with Crippen LogP contribution >= 0.6 is 0 Å². The van der Waals surface area contributed by atoms with E-state index >= 15 is 13.2 Å². The number of hydrogen-bond acceptors (Lipinski definition) is 2. The van der Waals surface area contributed by atoms with E-state index in [4.69, 9.17) is 5.41 Å². The van der Waals surface area contributed by atoms with Crippen molar-refractivity contribution in [1.82, 2.24) is 4.90 Å². The molecule has 4 atom stereocenters. The Bertz CT molecular complexity index is 638. The Kier molecular flexibility index (Phi) is 3.74. The standard InChI is InChI=1S/C13H11F9N2/c1-24(2)13(22)10(16,8(23)12(19,20)21)9(15)6(11(13,17)18)4-3-5-7(9)14/h3-5,7,23H,1-2H3. The molecule has 1 saturated carbocycles. The molecule has 0 aromatic heterocycles. The van der Waals surface area contributed by atoms with Crippen LogP contribution in [0.3, 0.4) is 0 Å². The van der Waals surface area contributed by atoms with Crippen molar-refractivity contribution < 1.29 is 39.5 Å². The fourth-order valence-electron chi connectivity index (χ4n) is 3.13. The molecule has 0 bridgehead atoms. The molecular weight excluding hydrogens is 355 g/mol. The van der Waals surface area contributed by atoms with Crippen LogP contribution in [-0.4, -0.2) is 60.1 Å². The number of hydrogen-bond donors (Lipinski definition) is 1. The maximum atomic E-state index is 15.2. The van der Waals surface area contributed by atoms with Crippen molar-refractivity contribution in [2.24, 2.45) is 0 Å². The second-order valence-electron chi connectivity index (χ2n) is 5.70. The summed E-state index contributed by atoms with van der Waals surface area (Å²) < 4.78 is 127. The quantitative estimate of drug-likeness (QED) is 0.451. The lowest BCUT2D eigenvalue weighted by Gasteiger charge is -2.44. The van der Waals surface area contributed by atoms with Gasteiger partial charge in [-0.2, -0.15) is 22.0 Å². The molecule has 0 amide bonds. The van der Waals surface area contributed by atoms with Crippen LogP contribution in [0.4, 0.5) is 39.5 Å². The molecule has 1 N–H and O–H groups in total. The molecule has 0 radical (unpaired) electrons. The molecule has 0 aromatic rings. The number of allylic oxidation sites excluding steroid dienone is 3. The largest absolute Gasteiger partial charge is 0.432 e. The van der Waals surface area contributed by atoms with E-state index in [2.05, 4.69) is 0 Å². The van der Waals surface area contributed by atoms with Gasteiger partial charge in [0.05, 0.1) is 0 Å². The molecule has 0 aromatic carbocycles. The van der Waals surface area contributed by atoms with Crippen LogP contribution in [0, 0.1) is 5.41 Å². The predicted molar refractivity (Wildman–Crippen MR) is 66.1 cm³/mol. The Morgan fingerprint density at radius 1 is 1.12 bits per heavy atom. The number of nitrogens with zero attached hydrogens (tertiary/aromatic N) is 1. The monoisotopic (exact) mass is 366 g/mol. The summed E-state index contributed by atoms with van der Waals surface area (Å²) in [6.45, 7) is 0. The summed E-state index contributed by atoms with van der Waals surface area (Å²) in [6.07, 6.45) is -8.54. The van der Waals surface area contributed by atoms with Crippen molar-refractivity contribution in [1.29, 1.82) is 5.41 Å². The molecule has 2 aliphatic rings. The molecule has 0 saturated heterocycles. The second kappa shape index (κ2) is 4.77. The van der Waals surface area contributed by atoms with Gasteiger partial charge >= 0.3 is 12.1 Å². The maximum Gasteiger partial charge on any atom is 0.432 e. The second-order valence-corrected chi connectivity index (χ2v) is 5.70. The summed E-state index contributed by atoms with van der Waals surface area (Å²) in [7, 11) is 0.877. The number of nitrogens with one attached hydrogen (secondary N) is 1. The molecule has 24 heavy (non-hydrogen) atoms. The highest BCUT2D eigenvalue weighted by Gasteiger charge is 2.92. The smallest absolute Gasteiger partial charge is 0.297 e. The Morgan fingerprint density at radius 2 is 1.62 bits per heavy atom. The van der Waals surface area contributed by atoms with Crippen molar-refractivity contribution in [2.45, 2.75) is 35.4 Å². The van der Waals surface area contributed by atoms with Crippen molar-refractivity contribution in [3.05, 3.63) is 23.8 Å². The Morgan fingerprint density at radius 3 is 2.04 bits per heavy atom. The Hall–Kier alpha value is -1.52. The van der Waals surface area contributed by atoms with E-state index in [1.807, 2.05) is 0 Å². The van der Waals surface area contributed by atoms with Crippen LogP contribution in [0.5, 0.6) is 0 Å². The van der Waals surface area contributed by atoms with E-state index in [-0.39, 0.29) is 17.1 Å². The molecule has 0 heterocycles.